The van der Waals surface area contributed by atoms with Crippen LogP contribution in [0, 0.1) is 11.3 Å². The first kappa shape index (κ1) is 7.97. The van der Waals surface area contributed by atoms with Gasteiger partial charge in [-0.05, 0) is 12.8 Å². The molecule has 0 N–H and O–H groups in total. The Kier molecular flexibility index (Phi) is 4.53. The highest BCUT2D eigenvalue weighted by atomic mass is 14.2. The molecule has 0 aliphatic rings. The minimum atomic E-state index is 0.618. The van der Waals surface area contributed by atoms with Crippen LogP contribution in [-0.2, 0) is 0 Å². The van der Waals surface area contributed by atoms with Gasteiger partial charge < -0.3 is 0 Å². The van der Waals surface area contributed by atoms with Crippen molar-refractivity contribution in [2.24, 2.45) is 0 Å². The van der Waals surface area contributed by atoms with Gasteiger partial charge in [0.15, 0.2) is 0 Å². The molecule has 0 fully saturated rings. The van der Waals surface area contributed by atoms with E-state index in [1.165, 1.54) is 0 Å². The van der Waals surface area contributed by atoms with Crippen LogP contribution < -0.4 is 0 Å². The van der Waals surface area contributed by atoms with Gasteiger partial charge in [0.05, 0.1) is 6.07 Å². The van der Waals surface area contributed by atoms with Gasteiger partial charge >= 0.3 is 0 Å². The minimum Gasteiger partial charge on any atom is -0.198 e. The van der Waals surface area contributed by atoms with Crippen molar-refractivity contribution in [3.05, 3.63) is 24.8 Å². The fraction of sp³-hybridized carbons (Fsp3) is 0.375. The third-order valence-corrected chi connectivity index (χ3v) is 1.08. The maximum Gasteiger partial charge on any atom is 0.0621 e. The summed E-state index contributed by atoms with van der Waals surface area (Å²) in [6.07, 6.45) is 4.16. The lowest BCUT2D eigenvalue weighted by Crippen LogP contribution is -1.75. The van der Waals surface area contributed by atoms with Crippen molar-refractivity contribution in [2.75, 3.05) is 0 Å². The van der Waals surface area contributed by atoms with Crippen LogP contribution in [0.25, 0.3) is 0 Å². The zero-order chi connectivity index (χ0) is 7.11. The van der Waals surface area contributed by atoms with Gasteiger partial charge in [-0.15, -0.1) is 0 Å². The fourth-order valence-corrected chi connectivity index (χ4v) is 0.497. The molecule has 0 spiro atoms. The van der Waals surface area contributed by atoms with E-state index in [0.29, 0.717) is 6.42 Å². The first-order valence-corrected chi connectivity index (χ1v) is 2.98. The van der Waals surface area contributed by atoms with E-state index >= 15 is 0 Å². The first-order chi connectivity index (χ1) is 4.31. The summed E-state index contributed by atoms with van der Waals surface area (Å²) in [5.41, 5.74) is 1.02. The molecule has 1 nitrogen and oxygen atoms in total. The maximum absolute atomic E-state index is 8.15. The molecule has 0 rings (SSSR count). The summed E-state index contributed by atoms with van der Waals surface area (Å²) >= 11 is 0. The molecule has 0 heterocycles. The molecule has 0 unspecified atom stereocenters. The van der Waals surface area contributed by atoms with E-state index in [9.17, 15) is 0 Å². The van der Waals surface area contributed by atoms with E-state index in [1.54, 1.807) is 6.08 Å². The van der Waals surface area contributed by atoms with E-state index in [2.05, 4.69) is 19.2 Å². The topological polar surface area (TPSA) is 23.8 Å². The number of unbranched alkanes of at least 4 members (excludes halogenated alkanes) is 1. The first-order valence-electron chi connectivity index (χ1n) is 2.98. The Bertz CT molecular complexity index is 139. The molecule has 0 saturated heterocycles. The molecule has 0 aliphatic heterocycles. The average Bonchev–Trinajstić information content (AvgIpc) is 1.89. The molecule has 1 heteroatoms. The number of nitrogens with zero attached hydrogens (tertiary/aromatic N) is 1. The van der Waals surface area contributed by atoms with Crippen molar-refractivity contribution < 1.29 is 0 Å². The molecular weight excluding hydrogens is 110 g/mol. The van der Waals surface area contributed by atoms with Crippen molar-refractivity contribution in [3.63, 3.8) is 0 Å². The third kappa shape index (κ3) is 4.83. The number of rotatable bonds is 4. The van der Waals surface area contributed by atoms with Crippen LogP contribution in [0.15, 0.2) is 24.8 Å². The van der Waals surface area contributed by atoms with Gasteiger partial charge in [-0.3, -0.25) is 0 Å². The van der Waals surface area contributed by atoms with Crippen LogP contribution in [0.5, 0.6) is 0 Å². The number of hydrogen-bond donors (Lipinski definition) is 0. The Morgan fingerprint density at radius 2 is 2.33 bits per heavy atom. The molecule has 0 aromatic rings. The largest absolute Gasteiger partial charge is 0.198 e. The van der Waals surface area contributed by atoms with Gasteiger partial charge in [-0.2, -0.15) is 5.26 Å². The number of allylic oxidation sites excluding steroid dienone is 2. The van der Waals surface area contributed by atoms with E-state index in [0.717, 1.165) is 18.4 Å². The van der Waals surface area contributed by atoms with Crippen molar-refractivity contribution >= 4 is 0 Å². The van der Waals surface area contributed by atoms with Crippen molar-refractivity contribution in [1.29, 1.82) is 5.26 Å². The van der Waals surface area contributed by atoms with Crippen LogP contribution in [0.3, 0.4) is 0 Å². The SMILES string of the molecule is C=CC(=C)CCCC#N. The van der Waals surface area contributed by atoms with Crippen molar-refractivity contribution in [1.82, 2.24) is 0 Å². The lowest BCUT2D eigenvalue weighted by Gasteiger charge is -1.92. The second-order valence-electron chi connectivity index (χ2n) is 1.87. The summed E-state index contributed by atoms with van der Waals surface area (Å²) in [6.45, 7) is 7.27. The number of nitriles is 1. The molecule has 9 heavy (non-hydrogen) atoms. The van der Waals surface area contributed by atoms with Gasteiger partial charge in [0.1, 0.15) is 0 Å². The second-order valence-corrected chi connectivity index (χ2v) is 1.87. The van der Waals surface area contributed by atoms with E-state index in [1.807, 2.05) is 0 Å². The lowest BCUT2D eigenvalue weighted by molar-refractivity contribution is 0.856. The van der Waals surface area contributed by atoms with Crippen LogP contribution in [0.4, 0.5) is 0 Å². The normalized spacial score (nSPS) is 7.89. The quantitative estimate of drug-likeness (QED) is 0.414. The van der Waals surface area contributed by atoms with Gasteiger partial charge in [0.25, 0.3) is 0 Å². The fourth-order valence-electron chi connectivity index (χ4n) is 0.497. The Labute approximate surface area is 56.3 Å². The zero-order valence-corrected chi connectivity index (χ0v) is 5.56. The Balaban J connectivity index is 3.19. The predicted octanol–water partition coefficient (Wildman–Crippen LogP) is 2.42. The summed E-state index contributed by atoms with van der Waals surface area (Å²) in [4.78, 5) is 0. The highest BCUT2D eigenvalue weighted by Gasteiger charge is 1.86. The van der Waals surface area contributed by atoms with Crippen LogP contribution in [-0.4, -0.2) is 0 Å². The van der Waals surface area contributed by atoms with Crippen LogP contribution in [0.1, 0.15) is 19.3 Å². The summed E-state index contributed by atoms with van der Waals surface area (Å²) in [7, 11) is 0. The summed E-state index contributed by atoms with van der Waals surface area (Å²) in [6, 6.07) is 2.07. The molecule has 0 aromatic heterocycles. The smallest absolute Gasteiger partial charge is 0.0621 e. The highest BCUT2D eigenvalue weighted by Crippen LogP contribution is 2.03. The lowest BCUT2D eigenvalue weighted by atomic mass is 10.1. The summed E-state index contributed by atoms with van der Waals surface area (Å²) < 4.78 is 0. The molecule has 0 atom stereocenters. The summed E-state index contributed by atoms with van der Waals surface area (Å²) in [5, 5.41) is 8.15. The molecule has 0 bridgehead atoms. The Hall–Kier alpha value is -1.03. The Morgan fingerprint density at radius 1 is 1.67 bits per heavy atom. The monoisotopic (exact) mass is 121 g/mol. The van der Waals surface area contributed by atoms with Crippen LogP contribution in [0.2, 0.25) is 0 Å². The molecule has 0 aliphatic carbocycles. The van der Waals surface area contributed by atoms with Gasteiger partial charge in [0.2, 0.25) is 0 Å². The molecule has 0 radical (unpaired) electrons. The number of hydrogen-bond acceptors (Lipinski definition) is 1. The van der Waals surface area contributed by atoms with E-state index in [4.69, 9.17) is 5.26 Å². The molecule has 48 valence electrons. The molecule has 0 aromatic carbocycles. The van der Waals surface area contributed by atoms with Gasteiger partial charge in [0, 0.05) is 6.42 Å². The standard InChI is InChI=1S/C8H11N/c1-3-8(2)6-4-5-7-9/h3H,1-2,4-6H2. The highest BCUT2D eigenvalue weighted by molar-refractivity contribution is 5.10. The predicted molar refractivity (Wildman–Crippen MR) is 38.8 cm³/mol. The zero-order valence-electron chi connectivity index (χ0n) is 5.56. The Morgan fingerprint density at radius 3 is 2.78 bits per heavy atom. The van der Waals surface area contributed by atoms with Gasteiger partial charge in [-0.25, -0.2) is 0 Å². The average molecular weight is 121 g/mol. The maximum atomic E-state index is 8.15. The minimum absolute atomic E-state index is 0.618. The molecular formula is C8H11N. The van der Waals surface area contributed by atoms with Crippen molar-refractivity contribution in [3.8, 4) is 6.07 Å². The van der Waals surface area contributed by atoms with E-state index < -0.39 is 0 Å². The van der Waals surface area contributed by atoms with Gasteiger partial charge in [-0.1, -0.05) is 24.8 Å². The van der Waals surface area contributed by atoms with Crippen molar-refractivity contribution in [2.45, 2.75) is 19.3 Å². The van der Waals surface area contributed by atoms with E-state index in [-0.39, 0.29) is 0 Å². The second kappa shape index (κ2) is 5.11. The molecule has 0 amide bonds. The summed E-state index contributed by atoms with van der Waals surface area (Å²) in [5.74, 6) is 0. The van der Waals surface area contributed by atoms with Crippen LogP contribution >= 0.6 is 0 Å². The third-order valence-electron chi connectivity index (χ3n) is 1.08. The molecule has 0 saturated carbocycles.